The number of ether oxygens (including phenoxy) is 2. The number of carbonyl (C=O) groups is 3. The highest BCUT2D eigenvalue weighted by Crippen LogP contribution is 2.53. The fourth-order valence-electron chi connectivity index (χ4n) is 4.49. The summed E-state index contributed by atoms with van der Waals surface area (Å²) in [7, 11) is 0. The third-order valence-electron chi connectivity index (χ3n) is 5.50. The molecule has 7 heteroatoms. The van der Waals surface area contributed by atoms with Gasteiger partial charge in [0.15, 0.2) is 5.72 Å². The van der Waals surface area contributed by atoms with Crippen molar-refractivity contribution in [3.8, 4) is 0 Å². The topological polar surface area (TPSA) is 76.2 Å². The fraction of sp³-hybridized carbons (Fsp3) is 0.800. The van der Waals surface area contributed by atoms with Crippen LogP contribution in [0.2, 0.25) is 0 Å². The average Bonchev–Trinajstić information content (AvgIpc) is 3.05. The molecule has 22 heavy (non-hydrogen) atoms. The molecule has 0 aromatic carbocycles. The highest BCUT2D eigenvalue weighted by molar-refractivity contribution is 5.97. The van der Waals surface area contributed by atoms with E-state index in [2.05, 4.69) is 0 Å². The average molecular weight is 308 g/mol. The first-order chi connectivity index (χ1) is 10.6. The minimum Gasteiger partial charge on any atom is -0.447 e. The summed E-state index contributed by atoms with van der Waals surface area (Å²) < 4.78 is 11.0. The van der Waals surface area contributed by atoms with Crippen LogP contribution in [0.25, 0.3) is 0 Å². The number of amides is 3. The number of fused-ring (bicyclic) bond motifs is 1. The molecule has 0 aromatic heterocycles. The number of imide groups is 1. The van der Waals surface area contributed by atoms with Gasteiger partial charge in [-0.3, -0.25) is 9.59 Å². The quantitative estimate of drug-likeness (QED) is 0.714. The van der Waals surface area contributed by atoms with Crippen molar-refractivity contribution in [2.75, 3.05) is 19.7 Å². The summed E-state index contributed by atoms with van der Waals surface area (Å²) in [5.41, 5.74) is -0.850. The number of nitrogens with zero attached hydrogens (tertiary/aromatic N) is 2. The number of cyclic esters (lactones) is 1. The van der Waals surface area contributed by atoms with Crippen molar-refractivity contribution < 1.29 is 23.9 Å². The standard InChI is InChI=1S/C15H20N2O5/c1-9-10(12(18)16-7-8-21-14(16)20)15-5-3-2-4-6-17(15)13(19)11(9)22-15/h9-11H,2-8H2,1H3/t9-,10+,11+,15-/m0/s1. The van der Waals surface area contributed by atoms with E-state index in [-0.39, 0.29) is 30.9 Å². The van der Waals surface area contributed by atoms with Crippen molar-refractivity contribution in [3.05, 3.63) is 0 Å². The fourth-order valence-corrected chi connectivity index (χ4v) is 4.49. The van der Waals surface area contributed by atoms with E-state index in [1.807, 2.05) is 6.92 Å². The summed E-state index contributed by atoms with van der Waals surface area (Å²) in [6, 6.07) is 0. The van der Waals surface area contributed by atoms with Crippen LogP contribution in [0.3, 0.4) is 0 Å². The smallest absolute Gasteiger partial charge is 0.416 e. The van der Waals surface area contributed by atoms with Crippen molar-refractivity contribution in [2.45, 2.75) is 44.4 Å². The summed E-state index contributed by atoms with van der Waals surface area (Å²) in [6.45, 7) is 3.04. The van der Waals surface area contributed by atoms with Gasteiger partial charge < -0.3 is 14.4 Å². The highest BCUT2D eigenvalue weighted by atomic mass is 16.6. The van der Waals surface area contributed by atoms with E-state index in [4.69, 9.17) is 9.47 Å². The lowest BCUT2D eigenvalue weighted by atomic mass is 9.77. The van der Waals surface area contributed by atoms with Crippen molar-refractivity contribution in [1.82, 2.24) is 9.80 Å². The SMILES string of the molecule is C[C@@H]1[C@H]2O[C@@]3(CCCCCN3C2=O)[C@H]1C(=O)N1CCOC1=O. The van der Waals surface area contributed by atoms with Crippen LogP contribution in [0.5, 0.6) is 0 Å². The summed E-state index contributed by atoms with van der Waals surface area (Å²) in [5, 5.41) is 0. The zero-order valence-corrected chi connectivity index (χ0v) is 12.6. The molecule has 0 aromatic rings. The second-order valence-corrected chi connectivity index (χ2v) is 6.62. The molecule has 3 amide bonds. The number of hydrogen-bond acceptors (Lipinski definition) is 5. The summed E-state index contributed by atoms with van der Waals surface area (Å²) in [4.78, 5) is 40.1. The number of rotatable bonds is 1. The molecule has 4 atom stereocenters. The lowest BCUT2D eigenvalue weighted by Gasteiger charge is -2.42. The second-order valence-electron chi connectivity index (χ2n) is 6.62. The van der Waals surface area contributed by atoms with Crippen molar-refractivity contribution in [1.29, 1.82) is 0 Å². The predicted molar refractivity (Wildman–Crippen MR) is 73.5 cm³/mol. The zero-order valence-electron chi connectivity index (χ0n) is 12.6. The molecular formula is C15H20N2O5. The van der Waals surface area contributed by atoms with Gasteiger partial charge in [0, 0.05) is 12.5 Å². The van der Waals surface area contributed by atoms with Crippen LogP contribution in [0.1, 0.15) is 32.6 Å². The number of hydrogen-bond donors (Lipinski definition) is 0. The molecule has 7 nitrogen and oxygen atoms in total. The van der Waals surface area contributed by atoms with Crippen LogP contribution in [0, 0.1) is 11.8 Å². The first-order valence-corrected chi connectivity index (χ1v) is 8.04. The Labute approximate surface area is 128 Å². The van der Waals surface area contributed by atoms with Crippen LogP contribution in [-0.2, 0) is 19.1 Å². The molecule has 0 radical (unpaired) electrons. The molecule has 4 heterocycles. The minimum atomic E-state index is -0.850. The van der Waals surface area contributed by atoms with Gasteiger partial charge in [-0.1, -0.05) is 13.3 Å². The summed E-state index contributed by atoms with van der Waals surface area (Å²) >= 11 is 0. The third kappa shape index (κ3) is 1.63. The molecule has 1 spiro atoms. The molecule has 4 fully saturated rings. The molecule has 2 bridgehead atoms. The Morgan fingerprint density at radius 3 is 2.77 bits per heavy atom. The Bertz CT molecular complexity index is 550. The van der Waals surface area contributed by atoms with Crippen LogP contribution < -0.4 is 0 Å². The minimum absolute atomic E-state index is 0.00227. The Kier molecular flexibility index (Phi) is 2.98. The first-order valence-electron chi connectivity index (χ1n) is 8.04. The van der Waals surface area contributed by atoms with Gasteiger partial charge in [-0.25, -0.2) is 9.69 Å². The zero-order chi connectivity index (χ0) is 15.5. The molecule has 0 aliphatic carbocycles. The lowest BCUT2D eigenvalue weighted by Crippen LogP contribution is -2.60. The Balaban J connectivity index is 1.71. The van der Waals surface area contributed by atoms with Gasteiger partial charge in [0.05, 0.1) is 12.5 Å². The van der Waals surface area contributed by atoms with Crippen molar-refractivity contribution in [2.24, 2.45) is 11.8 Å². The van der Waals surface area contributed by atoms with Gasteiger partial charge in [-0.05, 0) is 19.3 Å². The van der Waals surface area contributed by atoms with E-state index in [9.17, 15) is 14.4 Å². The van der Waals surface area contributed by atoms with E-state index in [0.717, 1.165) is 19.3 Å². The predicted octanol–water partition coefficient (Wildman–Crippen LogP) is 0.729. The largest absolute Gasteiger partial charge is 0.447 e. The Hall–Kier alpha value is -1.63. The van der Waals surface area contributed by atoms with Crippen LogP contribution in [0.4, 0.5) is 4.79 Å². The monoisotopic (exact) mass is 308 g/mol. The van der Waals surface area contributed by atoms with Crippen molar-refractivity contribution >= 4 is 17.9 Å². The lowest BCUT2D eigenvalue weighted by molar-refractivity contribution is -0.156. The van der Waals surface area contributed by atoms with Crippen molar-refractivity contribution in [3.63, 3.8) is 0 Å². The molecule has 0 saturated carbocycles. The normalized spacial score (nSPS) is 40.7. The number of carbonyl (C=O) groups excluding carboxylic acids is 3. The van der Waals surface area contributed by atoms with E-state index in [1.165, 1.54) is 4.90 Å². The maximum Gasteiger partial charge on any atom is 0.416 e. The van der Waals surface area contributed by atoms with Gasteiger partial charge in [-0.2, -0.15) is 0 Å². The van der Waals surface area contributed by atoms with Gasteiger partial charge in [0.1, 0.15) is 12.7 Å². The molecule has 4 aliphatic heterocycles. The van der Waals surface area contributed by atoms with E-state index < -0.39 is 23.8 Å². The molecule has 4 saturated heterocycles. The van der Waals surface area contributed by atoms with Crippen LogP contribution in [-0.4, -0.2) is 59.2 Å². The van der Waals surface area contributed by atoms with Crippen LogP contribution >= 0.6 is 0 Å². The third-order valence-corrected chi connectivity index (χ3v) is 5.50. The first kappa shape index (κ1) is 14.0. The molecule has 4 aliphatic rings. The van der Waals surface area contributed by atoms with Gasteiger partial charge in [0.25, 0.3) is 5.91 Å². The molecule has 0 N–H and O–H groups in total. The molecular weight excluding hydrogens is 288 g/mol. The molecule has 4 rings (SSSR count). The Morgan fingerprint density at radius 1 is 1.23 bits per heavy atom. The maximum absolute atomic E-state index is 12.9. The summed E-state index contributed by atoms with van der Waals surface area (Å²) in [6.07, 6.45) is 2.43. The highest BCUT2D eigenvalue weighted by Gasteiger charge is 2.69. The van der Waals surface area contributed by atoms with E-state index in [1.54, 1.807) is 4.90 Å². The molecule has 120 valence electrons. The van der Waals surface area contributed by atoms with Gasteiger partial charge in [0.2, 0.25) is 5.91 Å². The Morgan fingerprint density at radius 2 is 2.05 bits per heavy atom. The maximum atomic E-state index is 12.9. The van der Waals surface area contributed by atoms with Crippen LogP contribution in [0.15, 0.2) is 0 Å². The molecule has 0 unspecified atom stereocenters. The summed E-state index contributed by atoms with van der Waals surface area (Å²) in [5.74, 6) is -0.930. The van der Waals surface area contributed by atoms with E-state index in [0.29, 0.717) is 13.0 Å². The second kappa shape index (κ2) is 4.68. The van der Waals surface area contributed by atoms with Gasteiger partial charge >= 0.3 is 6.09 Å². The van der Waals surface area contributed by atoms with Gasteiger partial charge in [-0.15, -0.1) is 0 Å². The van der Waals surface area contributed by atoms with E-state index >= 15 is 0 Å². The number of piperidine rings is 1.